The molecule has 1 aromatic rings. The molecule has 0 aliphatic carbocycles. The van der Waals surface area contributed by atoms with Crippen molar-refractivity contribution >= 4 is 22.0 Å². The number of hydrogen-bond acceptors (Lipinski definition) is 4. The van der Waals surface area contributed by atoms with Gasteiger partial charge < -0.3 is 14.8 Å². The smallest absolute Gasteiger partial charge is 0.408 e. The van der Waals surface area contributed by atoms with E-state index in [-0.39, 0.29) is 6.04 Å². The molecule has 1 N–H and O–H groups in total. The van der Waals surface area contributed by atoms with E-state index in [0.29, 0.717) is 19.0 Å². The summed E-state index contributed by atoms with van der Waals surface area (Å²) < 4.78 is 13.2. The van der Waals surface area contributed by atoms with Crippen LogP contribution in [0.3, 0.4) is 0 Å². The van der Waals surface area contributed by atoms with Gasteiger partial charge in [0.2, 0.25) is 5.88 Å². The van der Waals surface area contributed by atoms with Crippen molar-refractivity contribution in [2.45, 2.75) is 39.0 Å². The summed E-state index contributed by atoms with van der Waals surface area (Å²) in [7, 11) is 0. The normalized spacial score (nSPS) is 18.8. The predicted molar refractivity (Wildman–Crippen MR) is 68.6 cm³/mol. The second kappa shape index (κ2) is 4.79. The summed E-state index contributed by atoms with van der Waals surface area (Å²) in [5, 5.41) is 6.90. The zero-order valence-corrected chi connectivity index (χ0v) is 12.2. The van der Waals surface area contributed by atoms with E-state index in [1.807, 2.05) is 20.8 Å². The molecule has 6 nitrogen and oxygen atoms in total. The van der Waals surface area contributed by atoms with Crippen molar-refractivity contribution in [1.29, 1.82) is 0 Å². The molecule has 0 aromatic carbocycles. The number of hydrogen-bond donors (Lipinski definition) is 1. The first kappa shape index (κ1) is 13.2. The van der Waals surface area contributed by atoms with Gasteiger partial charge in [0, 0.05) is 0 Å². The van der Waals surface area contributed by atoms with Crippen molar-refractivity contribution in [3.05, 3.63) is 10.7 Å². The molecule has 1 atom stereocenters. The summed E-state index contributed by atoms with van der Waals surface area (Å²) in [6.07, 6.45) is 1.23. The van der Waals surface area contributed by atoms with E-state index in [1.54, 1.807) is 10.9 Å². The maximum atomic E-state index is 11.6. The molecule has 1 aromatic heterocycles. The molecule has 0 unspecified atom stereocenters. The number of halogens is 1. The highest BCUT2D eigenvalue weighted by Crippen LogP contribution is 2.27. The Morgan fingerprint density at radius 2 is 2.39 bits per heavy atom. The fraction of sp³-hybridized carbons (Fsp3) is 0.636. The van der Waals surface area contributed by atoms with E-state index in [0.717, 1.165) is 4.47 Å². The highest BCUT2D eigenvalue weighted by Gasteiger charge is 2.25. The molecule has 0 fully saturated rings. The maximum absolute atomic E-state index is 11.6. The number of fused-ring (bicyclic) bond motifs is 1. The summed E-state index contributed by atoms with van der Waals surface area (Å²) in [5.41, 5.74) is -0.501. The van der Waals surface area contributed by atoms with Gasteiger partial charge in [-0.2, -0.15) is 5.10 Å². The third kappa shape index (κ3) is 3.16. The monoisotopic (exact) mass is 317 g/mol. The number of carbonyl (C=O) groups is 1. The summed E-state index contributed by atoms with van der Waals surface area (Å²) in [5.74, 6) is 0.692. The first-order valence-corrected chi connectivity index (χ1v) is 6.48. The minimum absolute atomic E-state index is 0.140. The molecule has 0 saturated heterocycles. The standard InChI is InChI=1S/C11H16BrN3O3/c1-11(2,3)18-10(16)14-7-5-15-9(17-6-7)8(12)4-13-15/h4,7H,5-6H2,1-3H3,(H,14,16)/t7-/m1/s1. The van der Waals surface area contributed by atoms with Gasteiger partial charge in [0.05, 0.1) is 23.3 Å². The molecule has 1 aliphatic heterocycles. The van der Waals surface area contributed by atoms with Gasteiger partial charge in [-0.1, -0.05) is 0 Å². The van der Waals surface area contributed by atoms with Crippen LogP contribution in [0.5, 0.6) is 5.88 Å². The van der Waals surface area contributed by atoms with Gasteiger partial charge in [0.25, 0.3) is 0 Å². The lowest BCUT2D eigenvalue weighted by atomic mass is 10.2. The van der Waals surface area contributed by atoms with Crippen molar-refractivity contribution in [3.8, 4) is 5.88 Å². The first-order chi connectivity index (χ1) is 8.35. The van der Waals surface area contributed by atoms with Gasteiger partial charge in [0.1, 0.15) is 12.2 Å². The van der Waals surface area contributed by atoms with Crippen molar-refractivity contribution in [2.75, 3.05) is 6.61 Å². The third-order valence-electron chi connectivity index (χ3n) is 2.28. The lowest BCUT2D eigenvalue weighted by Gasteiger charge is -2.27. The van der Waals surface area contributed by atoms with Crippen LogP contribution in [-0.2, 0) is 11.3 Å². The van der Waals surface area contributed by atoms with Gasteiger partial charge in [-0.15, -0.1) is 0 Å². The number of rotatable bonds is 1. The summed E-state index contributed by atoms with van der Waals surface area (Å²) in [6.45, 7) is 6.45. The van der Waals surface area contributed by atoms with E-state index in [9.17, 15) is 4.79 Å². The van der Waals surface area contributed by atoms with Gasteiger partial charge in [-0.3, -0.25) is 0 Å². The lowest BCUT2D eigenvalue weighted by molar-refractivity contribution is 0.0460. The van der Waals surface area contributed by atoms with Crippen molar-refractivity contribution in [1.82, 2.24) is 15.1 Å². The van der Waals surface area contributed by atoms with Crippen LogP contribution in [0.15, 0.2) is 10.7 Å². The Morgan fingerprint density at radius 3 is 3.06 bits per heavy atom. The minimum atomic E-state index is -0.501. The van der Waals surface area contributed by atoms with Crippen LogP contribution < -0.4 is 10.1 Å². The Labute approximate surface area is 114 Å². The molecule has 2 heterocycles. The highest BCUT2D eigenvalue weighted by atomic mass is 79.9. The Balaban J connectivity index is 1.92. The Morgan fingerprint density at radius 1 is 1.67 bits per heavy atom. The molecule has 0 radical (unpaired) electrons. The molecule has 0 saturated carbocycles. The second-order valence-corrected chi connectivity index (χ2v) is 5.99. The SMILES string of the molecule is CC(C)(C)OC(=O)N[C@H]1COc2c(Br)cnn2C1. The van der Waals surface area contributed by atoms with Crippen LogP contribution in [0.25, 0.3) is 0 Å². The number of amides is 1. The minimum Gasteiger partial charge on any atom is -0.475 e. The van der Waals surface area contributed by atoms with Crippen molar-refractivity contribution in [2.24, 2.45) is 0 Å². The zero-order chi connectivity index (χ0) is 13.3. The summed E-state index contributed by atoms with van der Waals surface area (Å²) >= 11 is 3.34. The third-order valence-corrected chi connectivity index (χ3v) is 2.83. The van der Waals surface area contributed by atoms with E-state index >= 15 is 0 Å². The van der Waals surface area contributed by atoms with Crippen LogP contribution in [0.1, 0.15) is 20.8 Å². The lowest BCUT2D eigenvalue weighted by Crippen LogP contribution is -2.46. The van der Waals surface area contributed by atoms with E-state index < -0.39 is 11.7 Å². The molecule has 18 heavy (non-hydrogen) atoms. The number of alkyl carbamates (subject to hydrolysis) is 1. The quantitative estimate of drug-likeness (QED) is 0.859. The molecule has 0 bridgehead atoms. The number of nitrogens with one attached hydrogen (secondary N) is 1. The van der Waals surface area contributed by atoms with Crippen molar-refractivity contribution < 1.29 is 14.3 Å². The van der Waals surface area contributed by atoms with Gasteiger partial charge in [-0.05, 0) is 36.7 Å². The van der Waals surface area contributed by atoms with Crippen molar-refractivity contribution in [3.63, 3.8) is 0 Å². The highest BCUT2D eigenvalue weighted by molar-refractivity contribution is 9.10. The molecule has 1 amide bonds. The molecule has 2 rings (SSSR count). The largest absolute Gasteiger partial charge is 0.475 e. The summed E-state index contributed by atoms with van der Waals surface area (Å²) in [6, 6.07) is -0.140. The second-order valence-electron chi connectivity index (χ2n) is 5.13. The van der Waals surface area contributed by atoms with Gasteiger partial charge >= 0.3 is 6.09 Å². The number of nitrogens with zero attached hydrogens (tertiary/aromatic N) is 2. The topological polar surface area (TPSA) is 65.4 Å². The molecular formula is C11H16BrN3O3. The first-order valence-electron chi connectivity index (χ1n) is 5.69. The molecule has 1 aliphatic rings. The van der Waals surface area contributed by atoms with E-state index in [4.69, 9.17) is 9.47 Å². The zero-order valence-electron chi connectivity index (χ0n) is 10.6. The number of aromatic nitrogens is 2. The van der Waals surface area contributed by atoms with Gasteiger partial charge in [-0.25, -0.2) is 9.48 Å². The van der Waals surface area contributed by atoms with Crippen LogP contribution in [0.4, 0.5) is 4.79 Å². The molecular weight excluding hydrogens is 302 g/mol. The van der Waals surface area contributed by atoms with Crippen LogP contribution in [0, 0.1) is 0 Å². The Bertz CT molecular complexity index is 453. The molecule has 100 valence electrons. The fourth-order valence-corrected chi connectivity index (χ4v) is 2.04. The maximum Gasteiger partial charge on any atom is 0.408 e. The fourth-order valence-electron chi connectivity index (χ4n) is 1.63. The number of ether oxygens (including phenoxy) is 2. The van der Waals surface area contributed by atoms with E-state index in [1.165, 1.54) is 0 Å². The average Bonchev–Trinajstić information content (AvgIpc) is 2.57. The molecule has 7 heteroatoms. The summed E-state index contributed by atoms with van der Waals surface area (Å²) in [4.78, 5) is 11.6. The van der Waals surface area contributed by atoms with Crippen LogP contribution in [0.2, 0.25) is 0 Å². The number of carbonyl (C=O) groups excluding carboxylic acids is 1. The van der Waals surface area contributed by atoms with E-state index in [2.05, 4.69) is 26.3 Å². The predicted octanol–water partition coefficient (Wildman–Crippen LogP) is 1.93. The Kier molecular flexibility index (Phi) is 3.52. The average molecular weight is 318 g/mol. The molecule has 0 spiro atoms. The van der Waals surface area contributed by atoms with Crippen LogP contribution >= 0.6 is 15.9 Å². The Hall–Kier alpha value is -1.24. The van der Waals surface area contributed by atoms with Crippen LogP contribution in [-0.4, -0.2) is 34.1 Å². The van der Waals surface area contributed by atoms with Gasteiger partial charge in [0.15, 0.2) is 0 Å².